The van der Waals surface area contributed by atoms with Crippen LogP contribution in [0.15, 0.2) is 30.5 Å². The first-order valence-corrected chi connectivity index (χ1v) is 11.1. The van der Waals surface area contributed by atoms with Crippen molar-refractivity contribution < 1.29 is 18.3 Å². The Hall–Kier alpha value is -2.52. The van der Waals surface area contributed by atoms with Gasteiger partial charge in [0, 0.05) is 37.6 Å². The molecule has 0 aliphatic carbocycles. The number of likely N-dealkylation sites (tertiary alicyclic amines) is 1. The molecule has 2 aromatic rings. The summed E-state index contributed by atoms with van der Waals surface area (Å²) in [7, 11) is 1.96. The van der Waals surface area contributed by atoms with E-state index < -0.39 is 11.5 Å². The molecule has 0 radical (unpaired) electrons. The van der Waals surface area contributed by atoms with Crippen LogP contribution in [0, 0.1) is 5.82 Å². The quantitative estimate of drug-likeness (QED) is 0.723. The van der Waals surface area contributed by atoms with Crippen molar-refractivity contribution in [1.82, 2.24) is 14.9 Å². The highest BCUT2D eigenvalue weighted by Gasteiger charge is 2.35. The first-order valence-electron chi connectivity index (χ1n) is 11.1. The summed E-state index contributed by atoms with van der Waals surface area (Å²) in [5.41, 5.74) is 0.396. The average molecular weight is 448 g/mol. The van der Waals surface area contributed by atoms with E-state index in [-0.39, 0.29) is 30.6 Å². The highest BCUT2D eigenvalue weighted by molar-refractivity contribution is 5.59. The number of hydrogen-bond acceptors (Lipinski definition) is 7. The zero-order chi connectivity index (χ0) is 22.7. The lowest BCUT2D eigenvalue weighted by molar-refractivity contribution is -0.00521. The number of benzene rings is 1. The van der Waals surface area contributed by atoms with E-state index in [1.54, 1.807) is 0 Å². The minimum atomic E-state index is -1.47. The number of morpholine rings is 1. The van der Waals surface area contributed by atoms with Crippen LogP contribution in [0.5, 0.6) is 5.88 Å². The third kappa shape index (κ3) is 5.63. The van der Waals surface area contributed by atoms with E-state index in [0.717, 1.165) is 30.7 Å². The predicted octanol–water partition coefficient (Wildman–Crippen LogP) is 3.79. The summed E-state index contributed by atoms with van der Waals surface area (Å²) in [4.78, 5) is 12.4. The Morgan fingerprint density at radius 1 is 1.16 bits per heavy atom. The molecule has 2 aliphatic heterocycles. The normalized spacial score (nSPS) is 23.7. The second kappa shape index (κ2) is 9.54. The van der Waals surface area contributed by atoms with Crippen LogP contribution < -0.4 is 15.0 Å². The van der Waals surface area contributed by atoms with Gasteiger partial charge in [0.2, 0.25) is 11.8 Å². The summed E-state index contributed by atoms with van der Waals surface area (Å²) in [5.74, 6) is -0.761. The topological polar surface area (TPSA) is 62.8 Å². The van der Waals surface area contributed by atoms with Gasteiger partial charge in [-0.15, -0.1) is 0 Å². The van der Waals surface area contributed by atoms with E-state index in [1.165, 1.54) is 0 Å². The lowest BCUT2D eigenvalue weighted by Crippen LogP contribution is -2.45. The standard InChI is InChI=1S/C23H31F2N5O2/c1-16-13-30(14-17(2)32-16)19-6-4-18(5-7-19)27-22-26-12-20(24)21(28-22)31-15-23(25)8-10-29(3)11-9-23/h4-7,12,16-17H,8-11,13-15H2,1-3H3,(H,26,27,28)/t16-,17+. The van der Waals surface area contributed by atoms with Gasteiger partial charge in [-0.3, -0.25) is 0 Å². The number of nitrogens with zero attached hydrogens (tertiary/aromatic N) is 4. The molecule has 32 heavy (non-hydrogen) atoms. The van der Waals surface area contributed by atoms with Crippen molar-refractivity contribution in [2.75, 3.05) is 50.1 Å². The van der Waals surface area contributed by atoms with Crippen molar-refractivity contribution in [1.29, 1.82) is 0 Å². The number of aromatic nitrogens is 2. The number of hydrogen-bond donors (Lipinski definition) is 1. The number of piperidine rings is 1. The molecule has 2 aliphatic rings. The van der Waals surface area contributed by atoms with Crippen molar-refractivity contribution in [2.24, 2.45) is 0 Å². The monoisotopic (exact) mass is 447 g/mol. The summed E-state index contributed by atoms with van der Waals surface area (Å²) in [5, 5.41) is 3.06. The fourth-order valence-corrected chi connectivity index (χ4v) is 4.15. The molecular formula is C23H31F2N5O2. The Labute approximate surface area is 187 Å². The molecular weight excluding hydrogens is 416 g/mol. The third-order valence-electron chi connectivity index (χ3n) is 5.97. The van der Waals surface area contributed by atoms with Gasteiger partial charge in [-0.2, -0.15) is 9.37 Å². The van der Waals surface area contributed by atoms with Crippen molar-refractivity contribution >= 4 is 17.3 Å². The second-order valence-corrected chi connectivity index (χ2v) is 8.92. The Morgan fingerprint density at radius 2 is 1.81 bits per heavy atom. The number of halogens is 2. The second-order valence-electron chi connectivity index (χ2n) is 8.92. The Balaban J connectivity index is 1.38. The van der Waals surface area contributed by atoms with Crippen LogP contribution in [0.25, 0.3) is 0 Å². The minimum absolute atomic E-state index is 0.181. The Kier molecular flexibility index (Phi) is 6.76. The largest absolute Gasteiger partial charge is 0.472 e. The van der Waals surface area contributed by atoms with Crippen LogP contribution in [-0.2, 0) is 4.74 Å². The van der Waals surface area contributed by atoms with Crippen molar-refractivity contribution in [3.8, 4) is 5.88 Å². The molecule has 9 heteroatoms. The van der Waals surface area contributed by atoms with E-state index in [4.69, 9.17) is 9.47 Å². The van der Waals surface area contributed by atoms with Gasteiger partial charge in [0.15, 0.2) is 0 Å². The average Bonchev–Trinajstić information content (AvgIpc) is 2.76. The minimum Gasteiger partial charge on any atom is -0.472 e. The number of alkyl halides is 1. The fourth-order valence-electron chi connectivity index (χ4n) is 4.15. The van der Waals surface area contributed by atoms with Gasteiger partial charge in [0.05, 0.1) is 18.4 Å². The number of rotatable bonds is 6. The molecule has 0 unspecified atom stereocenters. The molecule has 0 spiro atoms. The summed E-state index contributed by atoms with van der Waals surface area (Å²) < 4.78 is 40.3. The maximum Gasteiger partial charge on any atom is 0.255 e. The van der Waals surface area contributed by atoms with Gasteiger partial charge in [-0.1, -0.05) is 0 Å². The van der Waals surface area contributed by atoms with Crippen molar-refractivity contribution in [2.45, 2.75) is 44.6 Å². The fraction of sp³-hybridized carbons (Fsp3) is 0.565. The molecule has 1 N–H and O–H groups in total. The molecule has 1 aromatic heterocycles. The van der Waals surface area contributed by atoms with Gasteiger partial charge >= 0.3 is 0 Å². The van der Waals surface area contributed by atoms with Crippen LogP contribution in [-0.4, -0.2) is 72.6 Å². The first-order chi connectivity index (χ1) is 15.3. The number of nitrogens with one attached hydrogen (secondary N) is 1. The summed E-state index contributed by atoms with van der Waals surface area (Å²) in [6.07, 6.45) is 2.11. The van der Waals surface area contributed by atoms with Gasteiger partial charge < -0.3 is 24.6 Å². The lowest BCUT2D eigenvalue weighted by Gasteiger charge is -2.36. The molecule has 0 amide bonds. The van der Waals surface area contributed by atoms with Gasteiger partial charge in [-0.25, -0.2) is 9.37 Å². The first kappa shape index (κ1) is 22.7. The van der Waals surface area contributed by atoms with Gasteiger partial charge in [0.25, 0.3) is 5.88 Å². The van der Waals surface area contributed by atoms with Gasteiger partial charge in [-0.05, 0) is 58.0 Å². The molecule has 0 saturated carbocycles. The van der Waals surface area contributed by atoms with Gasteiger partial charge in [0.1, 0.15) is 12.3 Å². The number of ether oxygens (including phenoxy) is 2. The van der Waals surface area contributed by atoms with E-state index in [2.05, 4.69) is 38.9 Å². The van der Waals surface area contributed by atoms with Crippen LogP contribution in [0.4, 0.5) is 26.1 Å². The predicted molar refractivity (Wildman–Crippen MR) is 120 cm³/mol. The van der Waals surface area contributed by atoms with E-state index in [9.17, 15) is 8.78 Å². The highest BCUT2D eigenvalue weighted by Crippen LogP contribution is 2.28. The van der Waals surface area contributed by atoms with Crippen LogP contribution in [0.1, 0.15) is 26.7 Å². The van der Waals surface area contributed by atoms with E-state index in [1.807, 2.05) is 31.3 Å². The molecule has 2 fully saturated rings. The van der Waals surface area contributed by atoms with Crippen LogP contribution in [0.2, 0.25) is 0 Å². The summed E-state index contributed by atoms with van der Waals surface area (Å²) >= 11 is 0. The molecule has 7 nitrogen and oxygen atoms in total. The lowest BCUT2D eigenvalue weighted by atomic mass is 9.95. The van der Waals surface area contributed by atoms with E-state index >= 15 is 0 Å². The maximum absolute atomic E-state index is 14.9. The molecule has 1 aromatic carbocycles. The van der Waals surface area contributed by atoms with Crippen molar-refractivity contribution in [3.05, 3.63) is 36.3 Å². The molecule has 0 bridgehead atoms. The van der Waals surface area contributed by atoms with Crippen molar-refractivity contribution in [3.63, 3.8) is 0 Å². The molecule has 2 atom stereocenters. The SMILES string of the molecule is C[C@@H]1CN(c2ccc(Nc3ncc(F)c(OCC4(F)CCN(C)CC4)n3)cc2)C[C@H](C)O1. The molecule has 3 heterocycles. The molecule has 2 saturated heterocycles. The summed E-state index contributed by atoms with van der Waals surface area (Å²) in [6, 6.07) is 7.87. The number of anilines is 3. The zero-order valence-corrected chi connectivity index (χ0v) is 18.9. The summed E-state index contributed by atoms with van der Waals surface area (Å²) in [6.45, 7) is 6.90. The zero-order valence-electron chi connectivity index (χ0n) is 18.9. The molecule has 174 valence electrons. The highest BCUT2D eigenvalue weighted by atomic mass is 19.1. The maximum atomic E-state index is 14.9. The Bertz CT molecular complexity index is 896. The van der Waals surface area contributed by atoms with E-state index in [0.29, 0.717) is 25.9 Å². The van der Waals surface area contributed by atoms with Crippen LogP contribution in [0.3, 0.4) is 0 Å². The van der Waals surface area contributed by atoms with Crippen LogP contribution >= 0.6 is 0 Å². The smallest absolute Gasteiger partial charge is 0.255 e. The third-order valence-corrected chi connectivity index (χ3v) is 5.97. The molecule has 4 rings (SSSR count). The Morgan fingerprint density at radius 3 is 2.47 bits per heavy atom.